The molecule has 2 aromatic carbocycles. The fourth-order valence-corrected chi connectivity index (χ4v) is 4.03. The van der Waals surface area contributed by atoms with Gasteiger partial charge in [-0.3, -0.25) is 0 Å². The highest BCUT2D eigenvalue weighted by molar-refractivity contribution is 6.02. The zero-order valence-corrected chi connectivity index (χ0v) is 17.0. The molecule has 32 heavy (non-hydrogen) atoms. The van der Waals surface area contributed by atoms with Crippen molar-refractivity contribution >= 4 is 22.5 Å². The maximum Gasteiger partial charge on any atom is 0.164 e. The van der Waals surface area contributed by atoms with E-state index in [0.29, 0.717) is 22.5 Å². The van der Waals surface area contributed by atoms with Gasteiger partial charge in [-0.25, -0.2) is 14.4 Å². The van der Waals surface area contributed by atoms with Gasteiger partial charge in [0.2, 0.25) is 0 Å². The second-order valence-electron chi connectivity index (χ2n) is 7.65. The zero-order chi connectivity index (χ0) is 22.2. The van der Waals surface area contributed by atoms with Crippen molar-refractivity contribution in [1.82, 2.24) is 14.5 Å². The molecule has 4 aromatic rings. The average Bonchev–Trinajstić information content (AvgIpc) is 3.34. The lowest BCUT2D eigenvalue weighted by molar-refractivity contribution is -0.0318. The number of benzene rings is 2. The molecule has 0 radical (unpaired) electrons. The van der Waals surface area contributed by atoms with E-state index in [4.69, 9.17) is 10.5 Å². The molecule has 164 valence electrons. The first-order valence-corrected chi connectivity index (χ1v) is 10.2. The van der Waals surface area contributed by atoms with Crippen LogP contribution in [0.5, 0.6) is 0 Å². The van der Waals surface area contributed by atoms with Crippen molar-refractivity contribution in [3.8, 4) is 11.1 Å². The summed E-state index contributed by atoms with van der Waals surface area (Å²) < 4.78 is 20.9. The van der Waals surface area contributed by atoms with Crippen LogP contribution in [0.15, 0.2) is 67.1 Å². The molecule has 4 atom stereocenters. The number of rotatable bonds is 5. The van der Waals surface area contributed by atoms with Gasteiger partial charge < -0.3 is 30.6 Å². The lowest BCUT2D eigenvalue weighted by Gasteiger charge is -2.17. The van der Waals surface area contributed by atoms with Crippen LogP contribution in [-0.4, -0.2) is 49.6 Å². The highest BCUT2D eigenvalue weighted by atomic mass is 19.1. The number of nitrogens with one attached hydrogen (secondary N) is 1. The molecule has 0 unspecified atom stereocenters. The summed E-state index contributed by atoms with van der Waals surface area (Å²) >= 11 is 0. The van der Waals surface area contributed by atoms with Crippen LogP contribution in [-0.2, 0) is 4.74 Å². The van der Waals surface area contributed by atoms with E-state index in [0.717, 1.165) is 11.1 Å². The van der Waals surface area contributed by atoms with Crippen LogP contribution in [0.2, 0.25) is 0 Å². The minimum Gasteiger partial charge on any atom is -0.387 e. The number of nitrogens with zero attached hydrogens (tertiary/aromatic N) is 3. The second-order valence-corrected chi connectivity index (χ2v) is 7.65. The molecule has 0 bridgehead atoms. The molecule has 3 heterocycles. The largest absolute Gasteiger partial charge is 0.387 e. The summed E-state index contributed by atoms with van der Waals surface area (Å²) in [5, 5.41) is 24.9. The van der Waals surface area contributed by atoms with Crippen LogP contribution in [0.3, 0.4) is 0 Å². The number of anilines is 2. The molecule has 5 rings (SSSR count). The molecule has 0 spiro atoms. The number of hydrogen-bond donors (Lipinski definition) is 4. The van der Waals surface area contributed by atoms with Crippen molar-refractivity contribution < 1.29 is 19.3 Å². The van der Waals surface area contributed by atoms with Gasteiger partial charge in [0, 0.05) is 24.0 Å². The zero-order valence-electron chi connectivity index (χ0n) is 17.0. The van der Waals surface area contributed by atoms with Gasteiger partial charge in [0.05, 0.1) is 5.39 Å². The first kappa shape index (κ1) is 20.5. The summed E-state index contributed by atoms with van der Waals surface area (Å²) in [5.74, 6) is 0.183. The van der Waals surface area contributed by atoms with Gasteiger partial charge in [-0.15, -0.1) is 0 Å². The van der Waals surface area contributed by atoms with E-state index in [9.17, 15) is 14.6 Å². The Morgan fingerprint density at radius 1 is 1.03 bits per heavy atom. The lowest BCUT2D eigenvalue weighted by atomic mass is 10.1. The number of aromatic nitrogens is 3. The number of fused-ring (bicyclic) bond motifs is 1. The van der Waals surface area contributed by atoms with Gasteiger partial charge in [-0.1, -0.05) is 30.3 Å². The predicted molar refractivity (Wildman–Crippen MR) is 118 cm³/mol. The summed E-state index contributed by atoms with van der Waals surface area (Å²) in [6.07, 6.45) is -0.618. The van der Waals surface area contributed by atoms with Crippen molar-refractivity contribution in [1.29, 1.82) is 0 Å². The number of aliphatic hydroxyl groups excluding tert-OH is 2. The van der Waals surface area contributed by atoms with E-state index in [1.165, 1.54) is 18.5 Å². The molecule has 5 N–H and O–H groups in total. The second kappa shape index (κ2) is 8.29. The van der Waals surface area contributed by atoms with Gasteiger partial charge in [-0.2, -0.15) is 0 Å². The third-order valence-electron chi connectivity index (χ3n) is 5.64. The normalized spacial score (nSPS) is 23.0. The Labute approximate surface area is 183 Å². The number of hydrogen-bond acceptors (Lipinski definition) is 7. The van der Waals surface area contributed by atoms with Gasteiger partial charge in [-0.05, 0) is 29.8 Å². The van der Waals surface area contributed by atoms with Crippen LogP contribution < -0.4 is 11.1 Å². The maximum atomic E-state index is 13.3. The molecule has 2 aromatic heterocycles. The summed E-state index contributed by atoms with van der Waals surface area (Å²) in [4.78, 5) is 8.86. The fraction of sp³-hybridized carbons (Fsp3) is 0.217. The van der Waals surface area contributed by atoms with Crippen LogP contribution in [0, 0.1) is 5.82 Å². The van der Waals surface area contributed by atoms with Gasteiger partial charge in [0.1, 0.15) is 41.9 Å². The standard InChI is InChI=1S/C23H22FN5O3/c24-14-6-8-15(9-7-14)28-21-18-16(13-4-2-1-3-5-13)11-29(22(18)27-12-26-21)23-20(31)19(30)17(10-25)32-23/h1-9,11-12,17,19-20,23,30-31H,10,25H2,(H,26,27,28)/t17-,19+,20+,23-/m1/s1. The molecule has 0 amide bonds. The summed E-state index contributed by atoms with van der Waals surface area (Å²) in [6, 6.07) is 15.6. The van der Waals surface area contributed by atoms with E-state index in [1.807, 2.05) is 36.5 Å². The monoisotopic (exact) mass is 435 g/mol. The molecular weight excluding hydrogens is 413 g/mol. The number of ether oxygens (including phenoxy) is 1. The van der Waals surface area contributed by atoms with Crippen molar-refractivity contribution in [3.05, 3.63) is 72.9 Å². The SMILES string of the molecule is NC[C@H]1O[C@@H](n2cc(-c3ccccc3)c3c(Nc4ccc(F)cc4)ncnc32)[C@@H](O)[C@H]1O. The van der Waals surface area contributed by atoms with E-state index >= 15 is 0 Å². The number of nitrogens with two attached hydrogens (primary N) is 1. The van der Waals surface area contributed by atoms with E-state index in [1.54, 1.807) is 16.7 Å². The Kier molecular flexibility index (Phi) is 5.32. The quantitative estimate of drug-likeness (QED) is 0.380. The Bertz CT molecular complexity index is 1230. The van der Waals surface area contributed by atoms with E-state index in [2.05, 4.69) is 15.3 Å². The van der Waals surface area contributed by atoms with Crippen molar-refractivity contribution in [2.24, 2.45) is 5.73 Å². The Hall–Kier alpha value is -3.37. The topological polar surface area (TPSA) is 118 Å². The van der Waals surface area contributed by atoms with Gasteiger partial charge in [0.15, 0.2) is 6.23 Å². The summed E-state index contributed by atoms with van der Waals surface area (Å²) in [7, 11) is 0. The van der Waals surface area contributed by atoms with Crippen LogP contribution in [0.4, 0.5) is 15.9 Å². The minimum atomic E-state index is -1.17. The smallest absolute Gasteiger partial charge is 0.164 e. The Morgan fingerprint density at radius 2 is 1.78 bits per heavy atom. The molecule has 1 fully saturated rings. The van der Waals surface area contributed by atoms with Crippen LogP contribution >= 0.6 is 0 Å². The molecule has 8 nitrogen and oxygen atoms in total. The number of aliphatic hydroxyl groups is 2. The molecule has 9 heteroatoms. The Balaban J connectivity index is 1.67. The summed E-state index contributed by atoms with van der Waals surface area (Å²) in [6.45, 7) is 0.0752. The van der Waals surface area contributed by atoms with Crippen molar-refractivity contribution in [2.75, 3.05) is 11.9 Å². The Morgan fingerprint density at radius 3 is 2.47 bits per heavy atom. The first-order valence-electron chi connectivity index (χ1n) is 10.2. The van der Waals surface area contributed by atoms with E-state index in [-0.39, 0.29) is 12.4 Å². The predicted octanol–water partition coefficient (Wildman–Crippen LogP) is 2.56. The van der Waals surface area contributed by atoms with Crippen molar-refractivity contribution in [2.45, 2.75) is 24.5 Å². The van der Waals surface area contributed by atoms with Crippen molar-refractivity contribution in [3.63, 3.8) is 0 Å². The molecular formula is C23H22FN5O3. The van der Waals surface area contributed by atoms with Crippen LogP contribution in [0.1, 0.15) is 6.23 Å². The third kappa shape index (κ3) is 3.51. The fourth-order valence-electron chi connectivity index (χ4n) is 4.03. The molecule has 1 aliphatic rings. The minimum absolute atomic E-state index is 0.0752. The summed E-state index contributed by atoms with van der Waals surface area (Å²) in [5.41, 5.74) is 8.59. The first-order chi connectivity index (χ1) is 15.6. The highest BCUT2D eigenvalue weighted by Crippen LogP contribution is 2.39. The van der Waals surface area contributed by atoms with Crippen LogP contribution in [0.25, 0.3) is 22.2 Å². The maximum absolute atomic E-state index is 13.3. The third-order valence-corrected chi connectivity index (χ3v) is 5.64. The van der Waals surface area contributed by atoms with Gasteiger partial charge in [0.25, 0.3) is 0 Å². The molecule has 0 saturated carbocycles. The van der Waals surface area contributed by atoms with E-state index < -0.39 is 24.5 Å². The highest BCUT2D eigenvalue weighted by Gasteiger charge is 2.43. The molecule has 1 saturated heterocycles. The molecule has 1 aliphatic heterocycles. The number of halogens is 1. The average molecular weight is 435 g/mol. The van der Waals surface area contributed by atoms with Gasteiger partial charge >= 0.3 is 0 Å². The molecule has 0 aliphatic carbocycles. The lowest BCUT2D eigenvalue weighted by Crippen LogP contribution is -2.35.